The minimum absolute atomic E-state index is 0.137. The zero-order valence-electron chi connectivity index (χ0n) is 11.0. The second-order valence-electron chi connectivity index (χ2n) is 5.60. The second kappa shape index (κ2) is 5.71. The Morgan fingerprint density at radius 1 is 1.24 bits per heavy atom. The molecule has 0 bridgehead atoms. The van der Waals surface area contributed by atoms with Gasteiger partial charge in [0.25, 0.3) is 0 Å². The van der Waals surface area contributed by atoms with Crippen molar-refractivity contribution in [1.82, 2.24) is 15.5 Å². The van der Waals surface area contributed by atoms with E-state index in [0.29, 0.717) is 18.1 Å². The van der Waals surface area contributed by atoms with Gasteiger partial charge >= 0.3 is 6.03 Å². The molecular formula is C13H25N3O. The molecule has 2 fully saturated rings. The first-order valence-corrected chi connectivity index (χ1v) is 6.97. The van der Waals surface area contributed by atoms with E-state index in [4.69, 9.17) is 0 Å². The van der Waals surface area contributed by atoms with Crippen molar-refractivity contribution in [2.75, 3.05) is 13.1 Å². The van der Waals surface area contributed by atoms with Crippen molar-refractivity contribution in [2.24, 2.45) is 0 Å². The standard InChI is InChI=1S/C13H25N3O/c1-10-9-16(11(2)8-14-10)13(17)15-12-6-4-3-5-7-12/h10-12,14H,3-9H2,1-2H3,(H,15,17). The molecule has 0 aromatic heterocycles. The molecule has 4 nitrogen and oxygen atoms in total. The molecule has 1 aliphatic heterocycles. The summed E-state index contributed by atoms with van der Waals surface area (Å²) in [5, 5.41) is 6.60. The molecular weight excluding hydrogens is 214 g/mol. The number of rotatable bonds is 1. The first-order chi connectivity index (χ1) is 8.16. The van der Waals surface area contributed by atoms with Crippen LogP contribution >= 0.6 is 0 Å². The number of urea groups is 1. The summed E-state index contributed by atoms with van der Waals surface area (Å²) in [6, 6.07) is 1.25. The molecule has 4 heteroatoms. The van der Waals surface area contributed by atoms with E-state index < -0.39 is 0 Å². The van der Waals surface area contributed by atoms with Gasteiger partial charge < -0.3 is 15.5 Å². The third kappa shape index (κ3) is 3.35. The summed E-state index contributed by atoms with van der Waals surface area (Å²) in [7, 11) is 0. The molecule has 2 unspecified atom stereocenters. The zero-order chi connectivity index (χ0) is 12.3. The van der Waals surface area contributed by atoms with Gasteiger partial charge in [0.2, 0.25) is 0 Å². The van der Waals surface area contributed by atoms with E-state index in [1.807, 2.05) is 4.90 Å². The average Bonchev–Trinajstić information content (AvgIpc) is 2.33. The van der Waals surface area contributed by atoms with Gasteiger partial charge in [-0.15, -0.1) is 0 Å². The van der Waals surface area contributed by atoms with Crippen molar-refractivity contribution < 1.29 is 4.79 Å². The van der Waals surface area contributed by atoms with E-state index in [2.05, 4.69) is 24.5 Å². The van der Waals surface area contributed by atoms with Crippen LogP contribution in [0.3, 0.4) is 0 Å². The van der Waals surface area contributed by atoms with Gasteiger partial charge in [0.05, 0.1) is 0 Å². The van der Waals surface area contributed by atoms with Gasteiger partial charge in [-0.05, 0) is 26.7 Å². The van der Waals surface area contributed by atoms with Crippen LogP contribution in [0.15, 0.2) is 0 Å². The van der Waals surface area contributed by atoms with Crippen molar-refractivity contribution in [3.8, 4) is 0 Å². The second-order valence-corrected chi connectivity index (χ2v) is 5.60. The fourth-order valence-corrected chi connectivity index (χ4v) is 2.81. The van der Waals surface area contributed by atoms with Crippen molar-refractivity contribution in [1.29, 1.82) is 0 Å². The van der Waals surface area contributed by atoms with Gasteiger partial charge in [0.15, 0.2) is 0 Å². The summed E-state index contributed by atoms with van der Waals surface area (Å²) >= 11 is 0. The van der Waals surface area contributed by atoms with Crippen LogP contribution in [0.2, 0.25) is 0 Å². The van der Waals surface area contributed by atoms with Crippen LogP contribution in [-0.4, -0.2) is 42.1 Å². The molecule has 0 spiro atoms. The smallest absolute Gasteiger partial charge is 0.317 e. The maximum Gasteiger partial charge on any atom is 0.317 e. The molecule has 1 saturated carbocycles. The molecule has 2 N–H and O–H groups in total. The molecule has 98 valence electrons. The molecule has 17 heavy (non-hydrogen) atoms. The largest absolute Gasteiger partial charge is 0.335 e. The van der Waals surface area contributed by atoms with Crippen LogP contribution in [-0.2, 0) is 0 Å². The molecule has 1 aliphatic carbocycles. The van der Waals surface area contributed by atoms with E-state index in [1.54, 1.807) is 0 Å². The topological polar surface area (TPSA) is 44.4 Å². The van der Waals surface area contributed by atoms with Crippen molar-refractivity contribution in [3.63, 3.8) is 0 Å². The predicted molar refractivity (Wildman–Crippen MR) is 69.0 cm³/mol. The molecule has 0 radical (unpaired) electrons. The molecule has 0 aromatic carbocycles. The highest BCUT2D eigenvalue weighted by molar-refractivity contribution is 5.75. The first-order valence-electron chi connectivity index (χ1n) is 6.97. The normalized spacial score (nSPS) is 31.3. The van der Waals surface area contributed by atoms with Gasteiger partial charge in [-0.2, -0.15) is 0 Å². The number of hydrogen-bond acceptors (Lipinski definition) is 2. The maximum absolute atomic E-state index is 12.2. The van der Waals surface area contributed by atoms with Gasteiger partial charge in [0.1, 0.15) is 0 Å². The van der Waals surface area contributed by atoms with Gasteiger partial charge in [-0.3, -0.25) is 0 Å². The molecule has 2 aliphatic rings. The summed E-state index contributed by atoms with van der Waals surface area (Å²) in [6.07, 6.45) is 6.16. The molecule has 1 saturated heterocycles. The zero-order valence-corrected chi connectivity index (χ0v) is 11.0. The minimum Gasteiger partial charge on any atom is -0.335 e. The highest BCUT2D eigenvalue weighted by Gasteiger charge is 2.28. The van der Waals surface area contributed by atoms with Crippen molar-refractivity contribution in [2.45, 2.75) is 64.1 Å². The summed E-state index contributed by atoms with van der Waals surface area (Å²) in [5.41, 5.74) is 0. The van der Waals surface area contributed by atoms with Crippen LogP contribution in [0.1, 0.15) is 46.0 Å². The Morgan fingerprint density at radius 2 is 1.94 bits per heavy atom. The molecule has 2 amide bonds. The van der Waals surface area contributed by atoms with Gasteiger partial charge in [-0.1, -0.05) is 19.3 Å². The monoisotopic (exact) mass is 239 g/mol. The van der Waals surface area contributed by atoms with Crippen LogP contribution < -0.4 is 10.6 Å². The van der Waals surface area contributed by atoms with E-state index in [-0.39, 0.29) is 6.03 Å². The van der Waals surface area contributed by atoms with Gasteiger partial charge in [0, 0.05) is 31.2 Å². The molecule has 2 atom stereocenters. The van der Waals surface area contributed by atoms with E-state index in [9.17, 15) is 4.79 Å². The molecule has 1 heterocycles. The van der Waals surface area contributed by atoms with Crippen LogP contribution in [0.25, 0.3) is 0 Å². The SMILES string of the molecule is CC1CN(C(=O)NC2CCCCC2)C(C)CN1. The molecule has 0 aromatic rings. The quantitative estimate of drug-likeness (QED) is 0.731. The van der Waals surface area contributed by atoms with Crippen LogP contribution in [0.5, 0.6) is 0 Å². The van der Waals surface area contributed by atoms with E-state index in [1.165, 1.54) is 19.3 Å². The summed E-state index contributed by atoms with van der Waals surface area (Å²) in [5.74, 6) is 0. The maximum atomic E-state index is 12.2. The third-order valence-corrected chi connectivity index (χ3v) is 3.96. The van der Waals surface area contributed by atoms with Crippen molar-refractivity contribution >= 4 is 6.03 Å². The Labute approximate surface area is 104 Å². The van der Waals surface area contributed by atoms with E-state index in [0.717, 1.165) is 25.9 Å². The number of amides is 2. The van der Waals surface area contributed by atoms with E-state index >= 15 is 0 Å². The van der Waals surface area contributed by atoms with Gasteiger partial charge in [-0.25, -0.2) is 4.79 Å². The number of piperazine rings is 1. The predicted octanol–water partition coefficient (Wildman–Crippen LogP) is 1.71. The Hall–Kier alpha value is -0.770. The lowest BCUT2D eigenvalue weighted by atomic mass is 9.96. The summed E-state index contributed by atoms with van der Waals surface area (Å²) < 4.78 is 0. The number of carbonyl (C=O) groups excluding carboxylic acids is 1. The average molecular weight is 239 g/mol. The number of nitrogens with zero attached hydrogens (tertiary/aromatic N) is 1. The highest BCUT2D eigenvalue weighted by Crippen LogP contribution is 2.18. The fourth-order valence-electron chi connectivity index (χ4n) is 2.81. The lowest BCUT2D eigenvalue weighted by Gasteiger charge is -2.38. The fraction of sp³-hybridized carbons (Fsp3) is 0.923. The first kappa shape index (κ1) is 12.7. The molecule has 2 rings (SSSR count). The third-order valence-electron chi connectivity index (χ3n) is 3.96. The minimum atomic E-state index is 0.137. The Bertz CT molecular complexity index is 263. The van der Waals surface area contributed by atoms with Crippen LogP contribution in [0, 0.1) is 0 Å². The Morgan fingerprint density at radius 3 is 2.65 bits per heavy atom. The van der Waals surface area contributed by atoms with Crippen molar-refractivity contribution in [3.05, 3.63) is 0 Å². The number of carbonyl (C=O) groups is 1. The Balaban J connectivity index is 1.85. The number of nitrogens with one attached hydrogen (secondary N) is 2. The lowest BCUT2D eigenvalue weighted by Crippen LogP contribution is -2.59. The van der Waals surface area contributed by atoms with Crippen LogP contribution in [0.4, 0.5) is 4.79 Å². The summed E-state index contributed by atoms with van der Waals surface area (Å²) in [6.45, 7) is 5.96. The summed E-state index contributed by atoms with van der Waals surface area (Å²) in [4.78, 5) is 14.2. The number of hydrogen-bond donors (Lipinski definition) is 2. The highest BCUT2D eigenvalue weighted by atomic mass is 16.2. The Kier molecular flexibility index (Phi) is 4.26. The lowest BCUT2D eigenvalue weighted by molar-refractivity contribution is 0.145.